The summed E-state index contributed by atoms with van der Waals surface area (Å²) >= 11 is 11.9. The molecule has 1 atom stereocenters. The van der Waals surface area contributed by atoms with Gasteiger partial charge in [-0.15, -0.1) is 0 Å². The lowest BCUT2D eigenvalue weighted by Crippen LogP contribution is -2.34. The lowest BCUT2D eigenvalue weighted by Gasteiger charge is -2.29. The highest BCUT2D eigenvalue weighted by Gasteiger charge is 2.34. The van der Waals surface area contributed by atoms with Gasteiger partial charge in [-0.3, -0.25) is 4.21 Å². The summed E-state index contributed by atoms with van der Waals surface area (Å²) in [4.78, 5) is 0.438. The van der Waals surface area contributed by atoms with Crippen molar-refractivity contribution in [2.75, 3.05) is 5.75 Å². The number of halogens is 3. The molecule has 0 radical (unpaired) electrons. The zero-order valence-corrected chi connectivity index (χ0v) is 15.9. The maximum absolute atomic E-state index is 13.1. The first kappa shape index (κ1) is 19.1. The Labute approximate surface area is 163 Å². The lowest BCUT2D eigenvalue weighted by molar-refractivity contribution is 0.106. The molecule has 26 heavy (non-hydrogen) atoms. The van der Waals surface area contributed by atoms with Crippen molar-refractivity contribution in [3.05, 3.63) is 99.8 Å². The van der Waals surface area contributed by atoms with E-state index in [4.69, 9.17) is 23.2 Å². The maximum atomic E-state index is 13.1. The highest BCUT2D eigenvalue weighted by molar-refractivity contribution is 7.85. The summed E-state index contributed by atoms with van der Waals surface area (Å²) in [5, 5.41) is 12.5. The lowest BCUT2D eigenvalue weighted by atomic mass is 9.88. The predicted octanol–water partition coefficient (Wildman–Crippen LogP) is 5.18. The first-order valence-electron chi connectivity index (χ1n) is 7.77. The third-order valence-electron chi connectivity index (χ3n) is 4.06. The number of rotatable bonds is 5. The van der Waals surface area contributed by atoms with E-state index in [1.807, 2.05) is 0 Å². The topological polar surface area (TPSA) is 37.3 Å². The van der Waals surface area contributed by atoms with Crippen molar-refractivity contribution in [1.82, 2.24) is 0 Å². The molecule has 0 aliphatic rings. The molecule has 0 heterocycles. The van der Waals surface area contributed by atoms with Crippen LogP contribution < -0.4 is 0 Å². The van der Waals surface area contributed by atoms with Gasteiger partial charge in [-0.1, -0.05) is 47.5 Å². The summed E-state index contributed by atoms with van der Waals surface area (Å²) in [5.74, 6) is -0.501. The number of aliphatic hydroxyl groups is 1. The molecule has 0 saturated carbocycles. The van der Waals surface area contributed by atoms with E-state index in [0.29, 0.717) is 26.1 Å². The molecule has 6 heteroatoms. The van der Waals surface area contributed by atoms with Crippen LogP contribution >= 0.6 is 23.2 Å². The summed E-state index contributed by atoms with van der Waals surface area (Å²) < 4.78 is 25.9. The first-order valence-corrected chi connectivity index (χ1v) is 9.84. The average molecular weight is 409 g/mol. The second kappa shape index (κ2) is 7.89. The normalized spacial score (nSPS) is 12.8. The molecule has 0 aliphatic heterocycles. The Morgan fingerprint density at radius 3 is 1.65 bits per heavy atom. The molecule has 3 rings (SSSR count). The van der Waals surface area contributed by atoms with Gasteiger partial charge in [0.25, 0.3) is 0 Å². The van der Waals surface area contributed by atoms with Gasteiger partial charge in [-0.25, -0.2) is 4.39 Å². The maximum Gasteiger partial charge on any atom is 0.126 e. The quantitative estimate of drug-likeness (QED) is 0.631. The van der Waals surface area contributed by atoms with Crippen LogP contribution in [0, 0.1) is 5.82 Å². The van der Waals surface area contributed by atoms with Gasteiger partial charge < -0.3 is 5.11 Å². The van der Waals surface area contributed by atoms with Crippen LogP contribution in [-0.4, -0.2) is 15.1 Å². The Morgan fingerprint density at radius 1 is 0.808 bits per heavy atom. The van der Waals surface area contributed by atoms with Crippen molar-refractivity contribution in [2.45, 2.75) is 10.5 Å². The average Bonchev–Trinajstić information content (AvgIpc) is 2.63. The molecule has 3 aromatic carbocycles. The van der Waals surface area contributed by atoms with Crippen LogP contribution in [-0.2, 0) is 16.4 Å². The van der Waals surface area contributed by atoms with Crippen LogP contribution in [0.4, 0.5) is 4.39 Å². The first-order chi connectivity index (χ1) is 12.4. The van der Waals surface area contributed by atoms with Gasteiger partial charge in [0.15, 0.2) is 0 Å². The fourth-order valence-corrected chi connectivity index (χ4v) is 4.22. The van der Waals surface area contributed by atoms with E-state index < -0.39 is 22.2 Å². The Bertz CT molecular complexity index is 865. The van der Waals surface area contributed by atoms with Crippen LogP contribution in [0.1, 0.15) is 11.1 Å². The zero-order chi connectivity index (χ0) is 18.7. The summed E-state index contributed by atoms with van der Waals surface area (Å²) in [6.07, 6.45) is 0. The minimum Gasteiger partial charge on any atom is -0.379 e. The number of benzene rings is 3. The fourth-order valence-electron chi connectivity index (χ4n) is 2.64. The minimum atomic E-state index is -1.56. The number of hydrogen-bond donors (Lipinski definition) is 1. The second-order valence-electron chi connectivity index (χ2n) is 5.82. The largest absolute Gasteiger partial charge is 0.379 e. The molecule has 0 aliphatic carbocycles. The second-order valence-corrected chi connectivity index (χ2v) is 8.14. The van der Waals surface area contributed by atoms with E-state index in [-0.39, 0.29) is 5.75 Å². The summed E-state index contributed by atoms with van der Waals surface area (Å²) in [6.45, 7) is 0. The van der Waals surface area contributed by atoms with E-state index in [1.54, 1.807) is 48.5 Å². The van der Waals surface area contributed by atoms with Crippen molar-refractivity contribution in [3.8, 4) is 0 Å². The van der Waals surface area contributed by atoms with Crippen LogP contribution in [0.2, 0.25) is 10.0 Å². The predicted molar refractivity (Wildman–Crippen MR) is 104 cm³/mol. The molecule has 0 aromatic heterocycles. The molecule has 3 aromatic rings. The molecular weight excluding hydrogens is 394 g/mol. The van der Waals surface area contributed by atoms with Crippen molar-refractivity contribution >= 4 is 34.0 Å². The van der Waals surface area contributed by atoms with Crippen LogP contribution in [0.25, 0.3) is 0 Å². The van der Waals surface area contributed by atoms with Gasteiger partial charge in [0.2, 0.25) is 0 Å². The molecule has 2 nitrogen and oxygen atoms in total. The van der Waals surface area contributed by atoms with Gasteiger partial charge in [-0.05, 0) is 59.7 Å². The van der Waals surface area contributed by atoms with Crippen molar-refractivity contribution < 1.29 is 13.7 Å². The minimum absolute atomic E-state index is 0.0953. The SMILES string of the molecule is O=[S@](CC(O)(c1ccc(Cl)cc1)c1ccc(Cl)cc1)c1ccc(F)cc1. The molecule has 0 saturated heterocycles. The van der Waals surface area contributed by atoms with Crippen LogP contribution in [0.3, 0.4) is 0 Å². The van der Waals surface area contributed by atoms with Crippen LogP contribution in [0.15, 0.2) is 77.7 Å². The monoisotopic (exact) mass is 408 g/mol. The zero-order valence-electron chi connectivity index (χ0n) is 13.5. The Balaban J connectivity index is 2.02. The molecule has 0 unspecified atom stereocenters. The van der Waals surface area contributed by atoms with Gasteiger partial charge in [0.1, 0.15) is 11.4 Å². The van der Waals surface area contributed by atoms with Gasteiger partial charge >= 0.3 is 0 Å². The standard InChI is InChI=1S/C20H15Cl2FO2S/c21-16-5-1-14(2-6-16)20(24,15-3-7-17(22)8-4-15)13-26(25)19-11-9-18(23)10-12-19/h1-12,24H,13H2/t26-/m1/s1. The Hall–Kier alpha value is -1.72. The van der Waals surface area contributed by atoms with E-state index in [1.165, 1.54) is 24.3 Å². The van der Waals surface area contributed by atoms with E-state index in [9.17, 15) is 13.7 Å². The van der Waals surface area contributed by atoms with Crippen LogP contribution in [0.5, 0.6) is 0 Å². The summed E-state index contributed by atoms with van der Waals surface area (Å²) in [6, 6.07) is 18.8. The number of hydrogen-bond acceptors (Lipinski definition) is 2. The molecule has 0 bridgehead atoms. The Morgan fingerprint density at radius 2 is 1.23 bits per heavy atom. The summed E-state index contributed by atoms with van der Waals surface area (Å²) in [7, 11) is -1.56. The van der Waals surface area contributed by atoms with Gasteiger partial charge in [0, 0.05) is 14.9 Å². The molecule has 0 fully saturated rings. The molecular formula is C20H15Cl2FO2S. The van der Waals surface area contributed by atoms with Crippen molar-refractivity contribution in [2.24, 2.45) is 0 Å². The van der Waals surface area contributed by atoms with Gasteiger partial charge in [-0.2, -0.15) is 0 Å². The van der Waals surface area contributed by atoms with E-state index in [0.717, 1.165) is 0 Å². The summed E-state index contributed by atoms with van der Waals surface area (Å²) in [5.41, 5.74) is -0.409. The van der Waals surface area contributed by atoms with Gasteiger partial charge in [0.05, 0.1) is 16.6 Å². The van der Waals surface area contributed by atoms with E-state index in [2.05, 4.69) is 0 Å². The van der Waals surface area contributed by atoms with E-state index >= 15 is 0 Å². The highest BCUT2D eigenvalue weighted by atomic mass is 35.5. The fraction of sp³-hybridized carbons (Fsp3) is 0.100. The highest BCUT2D eigenvalue weighted by Crippen LogP contribution is 2.33. The molecule has 0 spiro atoms. The molecule has 0 amide bonds. The third-order valence-corrected chi connectivity index (χ3v) is 6.04. The Kier molecular flexibility index (Phi) is 5.78. The van der Waals surface area contributed by atoms with Crippen molar-refractivity contribution in [3.63, 3.8) is 0 Å². The smallest absolute Gasteiger partial charge is 0.126 e. The van der Waals surface area contributed by atoms with Crippen molar-refractivity contribution in [1.29, 1.82) is 0 Å². The molecule has 1 N–H and O–H groups in total. The molecule has 134 valence electrons. The third kappa shape index (κ3) is 4.15.